The quantitative estimate of drug-likeness (QED) is 0.114. The predicted molar refractivity (Wildman–Crippen MR) is 290 cm³/mol. The van der Waals surface area contributed by atoms with E-state index in [2.05, 4.69) is 209 Å². The van der Waals surface area contributed by atoms with Crippen molar-refractivity contribution in [3.8, 4) is 0 Å². The van der Waals surface area contributed by atoms with Gasteiger partial charge in [-0.05, 0) is 134 Å². The fourth-order valence-corrected chi connectivity index (χ4v) is 11.3. The van der Waals surface area contributed by atoms with Gasteiger partial charge in [-0.2, -0.15) is 0 Å². The van der Waals surface area contributed by atoms with E-state index >= 15 is 0 Å². The van der Waals surface area contributed by atoms with E-state index in [0.717, 1.165) is 106 Å². The standard InChI is InChI=1S/C64H56N2O2/c1-7-9-15-45-17-11-19-47-49-21-13-23-57(63(49)67-61(45)47)65(53-33-25-39(3)37-41(53)5)55-35-29-43-28-32-52-56(36-30-44-27-31-51(55)59(43)60(44)52)66(54-34-26-40(4)38-42(54)6)58-24-14-22-50-48-20-12-18-46(16-10-8-2)62(48)68-64(50)58/h11-14,17-38H,7-10,15-16H2,1-6H3. The molecule has 0 N–H and O–H groups in total. The summed E-state index contributed by atoms with van der Waals surface area (Å²) in [5.74, 6) is 0. The summed E-state index contributed by atoms with van der Waals surface area (Å²) in [5, 5.41) is 11.9. The molecule has 0 fully saturated rings. The molecule has 0 bridgehead atoms. The highest BCUT2D eigenvalue weighted by atomic mass is 16.3. The number of benzene rings is 10. The van der Waals surface area contributed by atoms with Crippen molar-refractivity contribution in [1.82, 2.24) is 0 Å². The van der Waals surface area contributed by atoms with Gasteiger partial charge in [-0.25, -0.2) is 0 Å². The zero-order valence-electron chi connectivity index (χ0n) is 40.0. The molecule has 4 heteroatoms. The van der Waals surface area contributed by atoms with E-state index in [1.165, 1.54) is 76.5 Å². The Morgan fingerprint density at radius 2 is 0.735 bits per heavy atom. The molecule has 4 nitrogen and oxygen atoms in total. The summed E-state index contributed by atoms with van der Waals surface area (Å²) < 4.78 is 14.2. The van der Waals surface area contributed by atoms with E-state index in [1.54, 1.807) is 0 Å². The topological polar surface area (TPSA) is 32.8 Å². The predicted octanol–water partition coefficient (Wildman–Crippen LogP) is 19.2. The molecule has 2 heterocycles. The lowest BCUT2D eigenvalue weighted by Crippen LogP contribution is -2.13. The molecule has 10 aromatic carbocycles. The van der Waals surface area contributed by atoms with Gasteiger partial charge in [0.15, 0.2) is 11.2 Å². The molecule has 0 spiro atoms. The second-order valence-corrected chi connectivity index (χ2v) is 19.1. The fraction of sp³-hybridized carbons (Fsp3) is 0.188. The molecule has 12 aromatic rings. The molecule has 0 radical (unpaired) electrons. The van der Waals surface area contributed by atoms with Crippen molar-refractivity contribution in [1.29, 1.82) is 0 Å². The van der Waals surface area contributed by atoms with Crippen LogP contribution in [0.2, 0.25) is 0 Å². The Balaban J connectivity index is 1.12. The number of fused-ring (bicyclic) bond motifs is 6. The van der Waals surface area contributed by atoms with Crippen molar-refractivity contribution in [3.05, 3.63) is 191 Å². The Bertz CT molecular complexity index is 3650. The van der Waals surface area contributed by atoms with Crippen LogP contribution in [0, 0.1) is 27.7 Å². The van der Waals surface area contributed by atoms with Gasteiger partial charge in [0.1, 0.15) is 11.2 Å². The molecule has 334 valence electrons. The molecule has 2 aromatic heterocycles. The second-order valence-electron chi connectivity index (χ2n) is 19.1. The zero-order chi connectivity index (χ0) is 46.2. The van der Waals surface area contributed by atoms with E-state index in [-0.39, 0.29) is 0 Å². The number of hydrogen-bond acceptors (Lipinski definition) is 4. The highest BCUT2D eigenvalue weighted by Crippen LogP contribution is 2.51. The normalized spacial score (nSPS) is 12.0. The lowest BCUT2D eigenvalue weighted by molar-refractivity contribution is 0.658. The van der Waals surface area contributed by atoms with Gasteiger partial charge in [0.25, 0.3) is 0 Å². The summed E-state index contributed by atoms with van der Waals surface area (Å²) in [7, 11) is 0. The minimum Gasteiger partial charge on any atom is -0.454 e. The SMILES string of the molecule is CCCCc1cccc2c1oc1c(N(c3ccc(C)cc3C)c3ccc4ccc5c(N(c6ccc(C)cc6C)c6cccc7c6oc6c(CCCC)cccc67)ccc6ccc3c4c65)cccc12. The van der Waals surface area contributed by atoms with Crippen LogP contribution < -0.4 is 9.80 Å². The first-order valence-electron chi connectivity index (χ1n) is 24.6. The molecule has 0 saturated heterocycles. The summed E-state index contributed by atoms with van der Waals surface area (Å²) in [6, 6.07) is 58.8. The second kappa shape index (κ2) is 16.6. The van der Waals surface area contributed by atoms with E-state index < -0.39 is 0 Å². The van der Waals surface area contributed by atoms with Gasteiger partial charge in [0.05, 0.1) is 22.7 Å². The maximum absolute atomic E-state index is 7.09. The number of anilines is 6. The average molecular weight is 885 g/mol. The molecular weight excluding hydrogens is 829 g/mol. The van der Waals surface area contributed by atoms with Crippen LogP contribution in [0.4, 0.5) is 34.1 Å². The van der Waals surface area contributed by atoms with Crippen LogP contribution >= 0.6 is 0 Å². The summed E-state index contributed by atoms with van der Waals surface area (Å²) in [4.78, 5) is 4.91. The first-order chi connectivity index (χ1) is 33.3. The van der Waals surface area contributed by atoms with Crippen molar-refractivity contribution in [2.75, 3.05) is 9.80 Å². The molecular formula is C64H56N2O2. The average Bonchev–Trinajstić information content (AvgIpc) is 3.94. The van der Waals surface area contributed by atoms with Crippen LogP contribution in [-0.4, -0.2) is 0 Å². The van der Waals surface area contributed by atoms with Crippen LogP contribution in [0.25, 0.3) is 76.2 Å². The fourth-order valence-electron chi connectivity index (χ4n) is 11.3. The first kappa shape index (κ1) is 41.8. The summed E-state index contributed by atoms with van der Waals surface area (Å²) in [6.07, 6.45) is 6.52. The molecule has 68 heavy (non-hydrogen) atoms. The van der Waals surface area contributed by atoms with Gasteiger partial charge >= 0.3 is 0 Å². The van der Waals surface area contributed by atoms with Crippen molar-refractivity contribution in [3.63, 3.8) is 0 Å². The molecule has 0 aliphatic carbocycles. The minimum absolute atomic E-state index is 0.903. The van der Waals surface area contributed by atoms with Crippen molar-refractivity contribution >= 4 is 110 Å². The number of para-hydroxylation sites is 4. The summed E-state index contributed by atoms with van der Waals surface area (Å²) >= 11 is 0. The lowest BCUT2D eigenvalue weighted by Gasteiger charge is -2.30. The number of rotatable bonds is 12. The number of furan rings is 2. The third-order valence-electron chi connectivity index (χ3n) is 14.5. The first-order valence-corrected chi connectivity index (χ1v) is 24.6. The Kier molecular flexibility index (Phi) is 10.2. The van der Waals surface area contributed by atoms with Gasteiger partial charge in [0, 0.05) is 43.7 Å². The maximum atomic E-state index is 7.09. The minimum atomic E-state index is 0.903. The number of unbranched alkanes of at least 4 members (excludes halogenated alkanes) is 2. The highest BCUT2D eigenvalue weighted by Gasteiger charge is 2.27. The van der Waals surface area contributed by atoms with E-state index in [1.807, 2.05) is 0 Å². The van der Waals surface area contributed by atoms with E-state index in [0.29, 0.717) is 0 Å². The Morgan fingerprint density at radius 1 is 0.353 bits per heavy atom. The van der Waals surface area contributed by atoms with Gasteiger partial charge in [-0.15, -0.1) is 0 Å². The molecule has 0 saturated carbocycles. The van der Waals surface area contributed by atoms with Crippen LogP contribution in [0.5, 0.6) is 0 Å². The van der Waals surface area contributed by atoms with Crippen molar-refractivity contribution < 1.29 is 8.83 Å². The lowest BCUT2D eigenvalue weighted by atomic mass is 9.91. The third kappa shape index (κ3) is 6.64. The van der Waals surface area contributed by atoms with Crippen LogP contribution in [0.15, 0.2) is 167 Å². The largest absolute Gasteiger partial charge is 0.454 e. The van der Waals surface area contributed by atoms with E-state index in [4.69, 9.17) is 8.83 Å². The molecule has 0 atom stereocenters. The van der Waals surface area contributed by atoms with Gasteiger partial charge < -0.3 is 18.6 Å². The maximum Gasteiger partial charge on any atom is 0.159 e. The molecule has 0 aliphatic heterocycles. The Morgan fingerprint density at radius 3 is 1.15 bits per heavy atom. The molecule has 12 rings (SSSR count). The number of aryl methyl sites for hydroxylation is 6. The van der Waals surface area contributed by atoms with E-state index in [9.17, 15) is 0 Å². The molecule has 0 amide bonds. The van der Waals surface area contributed by atoms with Crippen LogP contribution in [-0.2, 0) is 12.8 Å². The zero-order valence-corrected chi connectivity index (χ0v) is 40.0. The highest BCUT2D eigenvalue weighted by molar-refractivity contribution is 6.29. The van der Waals surface area contributed by atoms with Crippen LogP contribution in [0.1, 0.15) is 72.9 Å². The number of nitrogens with zero attached hydrogens (tertiary/aromatic N) is 2. The summed E-state index contributed by atoms with van der Waals surface area (Å²) in [5.41, 5.74) is 17.8. The van der Waals surface area contributed by atoms with Crippen molar-refractivity contribution in [2.45, 2.75) is 80.1 Å². The Labute approximate surface area is 398 Å². The van der Waals surface area contributed by atoms with Gasteiger partial charge in [-0.3, -0.25) is 0 Å². The van der Waals surface area contributed by atoms with Crippen LogP contribution in [0.3, 0.4) is 0 Å². The summed E-state index contributed by atoms with van der Waals surface area (Å²) in [6.45, 7) is 13.3. The molecule has 0 unspecified atom stereocenters. The van der Waals surface area contributed by atoms with Gasteiger partial charge in [0.2, 0.25) is 0 Å². The number of hydrogen-bond donors (Lipinski definition) is 0. The van der Waals surface area contributed by atoms with Gasteiger partial charge in [-0.1, -0.05) is 159 Å². The van der Waals surface area contributed by atoms with Crippen molar-refractivity contribution in [2.24, 2.45) is 0 Å². The smallest absolute Gasteiger partial charge is 0.159 e. The molecule has 0 aliphatic rings. The monoisotopic (exact) mass is 884 g/mol. The third-order valence-corrected chi connectivity index (χ3v) is 14.5. The Hall–Kier alpha value is -7.56.